The van der Waals surface area contributed by atoms with Crippen LogP contribution in [0, 0.1) is 5.82 Å². The predicted octanol–water partition coefficient (Wildman–Crippen LogP) is 6.15. The highest BCUT2D eigenvalue weighted by molar-refractivity contribution is 9.10. The molecule has 0 aliphatic rings. The van der Waals surface area contributed by atoms with E-state index in [0.29, 0.717) is 21.7 Å². The third-order valence-corrected chi connectivity index (χ3v) is 5.38. The minimum Gasteiger partial charge on any atom is -0.462 e. The van der Waals surface area contributed by atoms with E-state index in [1.165, 1.54) is 29.5 Å². The molecule has 148 valence electrons. The third-order valence-electron chi connectivity index (χ3n) is 3.96. The quantitative estimate of drug-likeness (QED) is 0.345. The van der Waals surface area contributed by atoms with E-state index in [9.17, 15) is 14.0 Å². The number of nitrogens with one attached hydrogen (secondary N) is 1. The summed E-state index contributed by atoms with van der Waals surface area (Å²) in [6.07, 6.45) is 2.91. The third kappa shape index (κ3) is 5.40. The van der Waals surface area contributed by atoms with Gasteiger partial charge in [0, 0.05) is 21.5 Å². The van der Waals surface area contributed by atoms with E-state index in [-0.39, 0.29) is 12.4 Å². The van der Waals surface area contributed by atoms with Crippen molar-refractivity contribution in [3.8, 4) is 11.1 Å². The zero-order chi connectivity index (χ0) is 20.8. The number of thiophene rings is 1. The van der Waals surface area contributed by atoms with E-state index in [0.717, 1.165) is 10.0 Å². The van der Waals surface area contributed by atoms with Crippen molar-refractivity contribution in [3.63, 3.8) is 0 Å². The second-order valence-electron chi connectivity index (χ2n) is 5.96. The van der Waals surface area contributed by atoms with Crippen LogP contribution in [0.2, 0.25) is 0 Å². The lowest BCUT2D eigenvalue weighted by Gasteiger charge is -2.08. The van der Waals surface area contributed by atoms with E-state index in [1.807, 2.05) is 29.6 Å². The maximum absolute atomic E-state index is 13.0. The molecule has 0 fully saturated rings. The van der Waals surface area contributed by atoms with E-state index in [2.05, 4.69) is 21.2 Å². The van der Waals surface area contributed by atoms with Crippen LogP contribution in [0.3, 0.4) is 0 Å². The molecule has 1 heterocycles. The Bertz CT molecular complexity index is 1040. The number of anilines is 1. The minimum absolute atomic E-state index is 0.228. The summed E-state index contributed by atoms with van der Waals surface area (Å²) in [5, 5.41) is 4.97. The summed E-state index contributed by atoms with van der Waals surface area (Å²) >= 11 is 4.65. The number of hydrogen-bond donors (Lipinski definition) is 1. The number of hydrogen-bond acceptors (Lipinski definition) is 4. The molecule has 0 unspecified atom stereocenters. The van der Waals surface area contributed by atoms with E-state index in [4.69, 9.17) is 4.74 Å². The summed E-state index contributed by atoms with van der Waals surface area (Å²) in [6.45, 7) is 1.96. The molecule has 3 rings (SSSR count). The largest absolute Gasteiger partial charge is 0.462 e. The molecular weight excluding hydrogens is 457 g/mol. The van der Waals surface area contributed by atoms with Gasteiger partial charge in [-0.15, -0.1) is 11.3 Å². The molecule has 29 heavy (non-hydrogen) atoms. The van der Waals surface area contributed by atoms with Crippen LogP contribution < -0.4 is 5.32 Å². The maximum Gasteiger partial charge on any atom is 0.341 e. The molecule has 0 saturated heterocycles. The molecule has 0 saturated carbocycles. The van der Waals surface area contributed by atoms with Crippen molar-refractivity contribution >= 4 is 50.2 Å². The Morgan fingerprint density at radius 1 is 1.14 bits per heavy atom. The fraction of sp³-hybridized carbons (Fsp3) is 0.0909. The second kappa shape index (κ2) is 9.62. The van der Waals surface area contributed by atoms with Gasteiger partial charge >= 0.3 is 5.97 Å². The predicted molar refractivity (Wildman–Crippen MR) is 117 cm³/mol. The average Bonchev–Trinajstić information content (AvgIpc) is 3.12. The molecule has 0 aliphatic heterocycles. The van der Waals surface area contributed by atoms with Crippen molar-refractivity contribution in [1.29, 1.82) is 0 Å². The van der Waals surface area contributed by atoms with Gasteiger partial charge in [-0.1, -0.05) is 40.2 Å². The molecule has 1 aromatic heterocycles. The zero-order valence-corrected chi connectivity index (χ0v) is 17.8. The first-order valence-electron chi connectivity index (χ1n) is 8.77. The minimum atomic E-state index is -0.496. The number of rotatable bonds is 6. The van der Waals surface area contributed by atoms with Crippen LogP contribution in [0.5, 0.6) is 0 Å². The molecule has 0 radical (unpaired) electrons. The molecule has 7 heteroatoms. The number of benzene rings is 2. The first-order valence-corrected chi connectivity index (χ1v) is 10.4. The normalized spacial score (nSPS) is 10.9. The highest BCUT2D eigenvalue weighted by Gasteiger charge is 2.22. The topological polar surface area (TPSA) is 55.4 Å². The number of carbonyl (C=O) groups excluding carboxylic acids is 2. The van der Waals surface area contributed by atoms with Gasteiger partial charge in [0.1, 0.15) is 16.4 Å². The fourth-order valence-electron chi connectivity index (χ4n) is 2.60. The molecule has 2 aromatic carbocycles. The number of amides is 1. The van der Waals surface area contributed by atoms with Crippen LogP contribution in [0.4, 0.5) is 9.39 Å². The average molecular weight is 474 g/mol. The Morgan fingerprint density at radius 2 is 1.83 bits per heavy atom. The van der Waals surface area contributed by atoms with Crippen LogP contribution in [0.15, 0.2) is 64.5 Å². The van der Waals surface area contributed by atoms with Gasteiger partial charge in [0.15, 0.2) is 0 Å². The molecule has 0 bridgehead atoms. The highest BCUT2D eigenvalue weighted by Crippen LogP contribution is 2.36. The highest BCUT2D eigenvalue weighted by atomic mass is 79.9. The summed E-state index contributed by atoms with van der Waals surface area (Å²) in [5.41, 5.74) is 2.55. The van der Waals surface area contributed by atoms with E-state index >= 15 is 0 Å². The van der Waals surface area contributed by atoms with Gasteiger partial charge in [0.2, 0.25) is 5.91 Å². The molecule has 4 nitrogen and oxygen atoms in total. The van der Waals surface area contributed by atoms with Crippen molar-refractivity contribution in [3.05, 3.63) is 81.4 Å². The zero-order valence-electron chi connectivity index (χ0n) is 15.4. The SMILES string of the molecule is CCOC(=O)c1c(-c2ccc(Br)cc2)csc1NC(=O)/C=C/c1ccc(F)cc1. The number of carbonyl (C=O) groups is 2. The first-order chi connectivity index (χ1) is 14.0. The van der Waals surface area contributed by atoms with Crippen LogP contribution >= 0.6 is 27.3 Å². The molecule has 1 N–H and O–H groups in total. The monoisotopic (exact) mass is 473 g/mol. The summed E-state index contributed by atoms with van der Waals surface area (Å²) in [4.78, 5) is 24.9. The van der Waals surface area contributed by atoms with Gasteiger partial charge in [-0.2, -0.15) is 0 Å². The van der Waals surface area contributed by atoms with Crippen molar-refractivity contribution in [1.82, 2.24) is 0 Å². The van der Waals surface area contributed by atoms with Crippen molar-refractivity contribution in [2.45, 2.75) is 6.92 Å². The Kier molecular flexibility index (Phi) is 6.95. The van der Waals surface area contributed by atoms with Crippen LogP contribution in [-0.4, -0.2) is 18.5 Å². The molecular formula is C22H17BrFNO3S. The summed E-state index contributed by atoms with van der Waals surface area (Å²) in [6, 6.07) is 13.3. The number of esters is 1. The van der Waals surface area contributed by atoms with Gasteiger partial charge in [-0.3, -0.25) is 4.79 Å². The van der Waals surface area contributed by atoms with Crippen molar-refractivity contribution in [2.24, 2.45) is 0 Å². The second-order valence-corrected chi connectivity index (χ2v) is 7.75. The Morgan fingerprint density at radius 3 is 2.48 bits per heavy atom. The van der Waals surface area contributed by atoms with Crippen LogP contribution in [0.1, 0.15) is 22.8 Å². The van der Waals surface area contributed by atoms with Gasteiger partial charge in [0.25, 0.3) is 0 Å². The lowest BCUT2D eigenvalue weighted by Crippen LogP contribution is -2.12. The smallest absolute Gasteiger partial charge is 0.341 e. The van der Waals surface area contributed by atoms with Crippen molar-refractivity contribution < 1.29 is 18.7 Å². The van der Waals surface area contributed by atoms with Crippen LogP contribution in [0.25, 0.3) is 17.2 Å². The number of halogens is 2. The summed E-state index contributed by atoms with van der Waals surface area (Å²) in [5.74, 6) is -1.24. The summed E-state index contributed by atoms with van der Waals surface area (Å²) in [7, 11) is 0. The molecule has 0 aliphatic carbocycles. The maximum atomic E-state index is 13.0. The van der Waals surface area contributed by atoms with Gasteiger partial charge in [0.05, 0.1) is 6.61 Å². The molecule has 3 aromatic rings. The van der Waals surface area contributed by atoms with Gasteiger partial charge in [-0.05, 0) is 48.4 Å². The van der Waals surface area contributed by atoms with Gasteiger partial charge in [-0.25, -0.2) is 9.18 Å². The Balaban J connectivity index is 1.86. The first kappa shape index (κ1) is 21.0. The standard InChI is InChI=1S/C22H17BrFNO3S/c1-2-28-22(27)20-18(15-6-8-16(23)9-7-15)13-29-21(20)25-19(26)12-5-14-3-10-17(24)11-4-14/h3-13H,2H2,1H3,(H,25,26)/b12-5+. The fourth-order valence-corrected chi connectivity index (χ4v) is 3.82. The molecule has 0 spiro atoms. The Labute approximate surface area is 180 Å². The molecule has 0 atom stereocenters. The van der Waals surface area contributed by atoms with Crippen molar-refractivity contribution in [2.75, 3.05) is 11.9 Å². The lowest BCUT2D eigenvalue weighted by molar-refractivity contribution is -0.111. The lowest BCUT2D eigenvalue weighted by atomic mass is 10.0. The van der Waals surface area contributed by atoms with E-state index in [1.54, 1.807) is 25.1 Å². The van der Waals surface area contributed by atoms with Crippen LogP contribution in [-0.2, 0) is 9.53 Å². The molecule has 1 amide bonds. The summed E-state index contributed by atoms with van der Waals surface area (Å²) < 4.78 is 19.1. The van der Waals surface area contributed by atoms with E-state index < -0.39 is 11.9 Å². The number of ether oxygens (including phenoxy) is 1. The Hall–Kier alpha value is -2.77. The van der Waals surface area contributed by atoms with Gasteiger partial charge < -0.3 is 10.1 Å².